The van der Waals surface area contributed by atoms with Crippen molar-refractivity contribution in [2.75, 3.05) is 63.9 Å². The fourth-order valence-corrected chi connectivity index (χ4v) is 4.21. The minimum absolute atomic E-state index is 0.492. The van der Waals surface area contributed by atoms with Gasteiger partial charge in [0.05, 0.1) is 6.10 Å². The Morgan fingerprint density at radius 1 is 1.06 bits per heavy atom. The zero-order valence-electron chi connectivity index (χ0n) is 19.3. The van der Waals surface area contributed by atoms with Crippen molar-refractivity contribution in [1.82, 2.24) is 25.5 Å². The van der Waals surface area contributed by atoms with Gasteiger partial charge in [-0.25, -0.2) is 9.97 Å². The summed E-state index contributed by atoms with van der Waals surface area (Å²) in [6.07, 6.45) is 12.7. The number of guanidine groups is 1. The molecule has 0 atom stereocenters. The molecular formula is C23H41N7O. The molecule has 1 saturated heterocycles. The maximum atomic E-state index is 6.00. The lowest BCUT2D eigenvalue weighted by atomic mass is 9.98. The molecule has 1 aromatic rings. The number of aliphatic imine (C=N–C) groups is 1. The van der Waals surface area contributed by atoms with Crippen molar-refractivity contribution < 1.29 is 4.74 Å². The van der Waals surface area contributed by atoms with E-state index in [0.717, 1.165) is 83.7 Å². The van der Waals surface area contributed by atoms with Crippen molar-refractivity contribution >= 4 is 11.9 Å². The third-order valence-corrected chi connectivity index (χ3v) is 5.97. The first-order chi connectivity index (χ1) is 15.3. The van der Waals surface area contributed by atoms with Gasteiger partial charge in [0.1, 0.15) is 0 Å². The predicted molar refractivity (Wildman–Crippen MR) is 127 cm³/mol. The van der Waals surface area contributed by atoms with E-state index >= 15 is 0 Å². The number of nitrogens with one attached hydrogen (secondary N) is 2. The Morgan fingerprint density at radius 2 is 1.84 bits per heavy atom. The van der Waals surface area contributed by atoms with Crippen molar-refractivity contribution in [3.8, 4) is 0 Å². The van der Waals surface area contributed by atoms with Gasteiger partial charge in [0.2, 0.25) is 5.95 Å². The first kappa shape index (κ1) is 23.7. The number of piperazine rings is 1. The second-order valence-electron chi connectivity index (χ2n) is 8.40. The number of rotatable bonds is 11. The van der Waals surface area contributed by atoms with Crippen LogP contribution in [0, 0.1) is 0 Å². The molecule has 0 spiro atoms. The maximum absolute atomic E-state index is 6.00. The highest BCUT2D eigenvalue weighted by Crippen LogP contribution is 2.20. The number of ether oxygens (including phenoxy) is 1. The van der Waals surface area contributed by atoms with Crippen molar-refractivity contribution in [3.05, 3.63) is 18.5 Å². The van der Waals surface area contributed by atoms with Crippen LogP contribution in [0.2, 0.25) is 0 Å². The summed E-state index contributed by atoms with van der Waals surface area (Å²) in [6.45, 7) is 10.8. The van der Waals surface area contributed by atoms with E-state index < -0.39 is 0 Å². The predicted octanol–water partition coefficient (Wildman–Crippen LogP) is 2.28. The highest BCUT2D eigenvalue weighted by molar-refractivity contribution is 5.79. The second-order valence-corrected chi connectivity index (χ2v) is 8.40. The third-order valence-electron chi connectivity index (χ3n) is 5.97. The molecule has 8 heteroatoms. The van der Waals surface area contributed by atoms with Crippen LogP contribution < -0.4 is 15.5 Å². The van der Waals surface area contributed by atoms with Crippen molar-refractivity contribution in [2.45, 2.75) is 58.0 Å². The van der Waals surface area contributed by atoms with Crippen LogP contribution in [-0.4, -0.2) is 85.9 Å². The summed E-state index contributed by atoms with van der Waals surface area (Å²) < 4.78 is 6.00. The summed E-state index contributed by atoms with van der Waals surface area (Å²) in [6, 6.07) is 1.86. The van der Waals surface area contributed by atoms with Crippen LogP contribution in [0.1, 0.15) is 51.9 Å². The minimum atomic E-state index is 0.492. The fourth-order valence-electron chi connectivity index (χ4n) is 4.21. The molecule has 0 bridgehead atoms. The van der Waals surface area contributed by atoms with E-state index in [1.807, 2.05) is 18.5 Å². The number of nitrogens with zero attached hydrogens (tertiary/aromatic N) is 5. The molecule has 31 heavy (non-hydrogen) atoms. The Morgan fingerprint density at radius 3 is 2.58 bits per heavy atom. The van der Waals surface area contributed by atoms with Crippen LogP contribution in [0.4, 0.5) is 5.95 Å². The second kappa shape index (κ2) is 14.2. The van der Waals surface area contributed by atoms with Gasteiger partial charge < -0.3 is 20.3 Å². The van der Waals surface area contributed by atoms with Crippen LogP contribution in [0.15, 0.2) is 23.5 Å². The molecule has 2 N–H and O–H groups in total. The zero-order valence-corrected chi connectivity index (χ0v) is 19.3. The van der Waals surface area contributed by atoms with E-state index in [1.165, 1.54) is 32.1 Å². The van der Waals surface area contributed by atoms with Crippen LogP contribution in [0.5, 0.6) is 0 Å². The van der Waals surface area contributed by atoms with Crippen molar-refractivity contribution in [1.29, 1.82) is 0 Å². The molecular weight excluding hydrogens is 390 g/mol. The maximum Gasteiger partial charge on any atom is 0.225 e. The summed E-state index contributed by atoms with van der Waals surface area (Å²) in [5.41, 5.74) is 0. The lowest BCUT2D eigenvalue weighted by Gasteiger charge is -2.34. The molecule has 2 aliphatic rings. The lowest BCUT2D eigenvalue weighted by molar-refractivity contribution is 0.0281. The quantitative estimate of drug-likeness (QED) is 0.316. The molecule has 0 unspecified atom stereocenters. The van der Waals surface area contributed by atoms with Crippen LogP contribution in [-0.2, 0) is 4.74 Å². The topological polar surface area (TPSA) is 77.9 Å². The Bertz CT molecular complexity index is 614. The normalized spacial score (nSPS) is 18.9. The Kier molecular flexibility index (Phi) is 10.9. The number of anilines is 1. The van der Waals surface area contributed by atoms with Gasteiger partial charge in [0, 0.05) is 64.8 Å². The molecule has 1 saturated carbocycles. The van der Waals surface area contributed by atoms with Gasteiger partial charge in [-0.15, -0.1) is 0 Å². The van der Waals surface area contributed by atoms with Crippen molar-refractivity contribution in [3.63, 3.8) is 0 Å². The van der Waals surface area contributed by atoms with Crippen LogP contribution in [0.25, 0.3) is 0 Å². The molecule has 8 nitrogen and oxygen atoms in total. The molecule has 2 heterocycles. The van der Waals surface area contributed by atoms with Gasteiger partial charge in [-0.2, -0.15) is 0 Å². The van der Waals surface area contributed by atoms with Gasteiger partial charge in [0.25, 0.3) is 0 Å². The number of hydrogen-bond acceptors (Lipinski definition) is 6. The van der Waals surface area contributed by atoms with E-state index in [1.54, 1.807) is 0 Å². The average molecular weight is 432 g/mol. The van der Waals surface area contributed by atoms with E-state index in [-0.39, 0.29) is 0 Å². The molecule has 3 rings (SSSR count). The van der Waals surface area contributed by atoms with Crippen LogP contribution >= 0.6 is 0 Å². The first-order valence-electron chi connectivity index (χ1n) is 12.2. The third kappa shape index (κ3) is 8.99. The van der Waals surface area contributed by atoms with Gasteiger partial charge in [-0.1, -0.05) is 19.3 Å². The highest BCUT2D eigenvalue weighted by Gasteiger charge is 2.18. The summed E-state index contributed by atoms with van der Waals surface area (Å²) in [7, 11) is 0. The summed E-state index contributed by atoms with van der Waals surface area (Å²) in [4.78, 5) is 18.2. The standard InChI is InChI=1S/C23H41N7O/c1-2-24-22(26-14-8-20-31-21-9-4-3-5-10-21)25-13-7-15-29-16-18-30(19-17-29)23-27-11-6-12-28-23/h6,11-12,21H,2-5,7-10,13-20H2,1H3,(H2,24,25,26). The molecule has 0 aromatic carbocycles. The van der Waals surface area contributed by atoms with Gasteiger partial charge >= 0.3 is 0 Å². The monoisotopic (exact) mass is 431 g/mol. The summed E-state index contributed by atoms with van der Waals surface area (Å²) in [5.74, 6) is 1.77. The highest BCUT2D eigenvalue weighted by atomic mass is 16.5. The molecule has 174 valence electrons. The van der Waals surface area contributed by atoms with Crippen molar-refractivity contribution in [2.24, 2.45) is 4.99 Å². The van der Waals surface area contributed by atoms with E-state index in [2.05, 4.69) is 37.3 Å². The minimum Gasteiger partial charge on any atom is -0.378 e. The lowest BCUT2D eigenvalue weighted by Crippen LogP contribution is -2.47. The fraction of sp³-hybridized carbons (Fsp3) is 0.783. The first-order valence-corrected chi connectivity index (χ1v) is 12.2. The molecule has 2 fully saturated rings. The smallest absolute Gasteiger partial charge is 0.225 e. The molecule has 0 amide bonds. The molecule has 1 aliphatic carbocycles. The Labute approximate surface area is 187 Å². The van der Waals surface area contributed by atoms with Crippen LogP contribution in [0.3, 0.4) is 0 Å². The van der Waals surface area contributed by atoms with Gasteiger partial charge in [-0.05, 0) is 45.2 Å². The summed E-state index contributed by atoms with van der Waals surface area (Å²) >= 11 is 0. The number of aromatic nitrogens is 2. The number of hydrogen-bond donors (Lipinski definition) is 2. The largest absolute Gasteiger partial charge is 0.378 e. The Balaban J connectivity index is 1.25. The molecule has 1 aromatic heterocycles. The zero-order chi connectivity index (χ0) is 21.6. The Hall–Kier alpha value is -1.93. The molecule has 1 aliphatic heterocycles. The SMILES string of the molecule is CCNC(=NCCCOC1CCCCC1)NCCCN1CCN(c2ncccn2)CC1. The van der Waals surface area contributed by atoms with Gasteiger partial charge in [0.15, 0.2) is 5.96 Å². The summed E-state index contributed by atoms with van der Waals surface area (Å²) in [5, 5.41) is 6.83. The van der Waals surface area contributed by atoms with Gasteiger partial charge in [-0.3, -0.25) is 9.89 Å². The van der Waals surface area contributed by atoms with E-state index in [4.69, 9.17) is 9.73 Å². The average Bonchev–Trinajstić information content (AvgIpc) is 2.83. The van der Waals surface area contributed by atoms with E-state index in [9.17, 15) is 0 Å². The van der Waals surface area contributed by atoms with E-state index in [0.29, 0.717) is 6.10 Å². The molecule has 0 radical (unpaired) electrons.